The minimum absolute atomic E-state index is 0.422. The summed E-state index contributed by atoms with van der Waals surface area (Å²) in [6.45, 7) is 0.422. The Labute approximate surface area is 63.5 Å². The summed E-state index contributed by atoms with van der Waals surface area (Å²) >= 11 is 0. The highest BCUT2D eigenvalue weighted by Gasteiger charge is 2.37. The zero-order chi connectivity index (χ0) is 8.32. The Kier molecular flexibility index (Phi) is 2.54. The van der Waals surface area contributed by atoms with Crippen molar-refractivity contribution < 1.29 is 18.3 Å². The molecule has 1 aliphatic rings. The molecule has 1 rings (SSSR count). The van der Waals surface area contributed by atoms with Crippen LogP contribution in [0.25, 0.3) is 0 Å². The fraction of sp³-hybridized carbons (Fsp3) is 0.857. The van der Waals surface area contributed by atoms with Crippen LogP contribution in [0.2, 0.25) is 0 Å². The van der Waals surface area contributed by atoms with Gasteiger partial charge in [-0.15, -0.1) is 0 Å². The molecule has 1 unspecified atom stereocenters. The quantitative estimate of drug-likeness (QED) is 0.589. The molecule has 0 radical (unpaired) electrons. The van der Waals surface area contributed by atoms with Gasteiger partial charge in [0, 0.05) is 13.0 Å². The number of carbonyl (C=O) groups is 1. The summed E-state index contributed by atoms with van der Waals surface area (Å²) in [5.74, 6) is 0. The molecule has 1 fully saturated rings. The maximum absolute atomic E-state index is 11.9. The lowest BCUT2D eigenvalue weighted by molar-refractivity contribution is -0.130. The molecule has 1 atom stereocenters. The Morgan fingerprint density at radius 1 is 1.64 bits per heavy atom. The van der Waals surface area contributed by atoms with E-state index in [1.54, 1.807) is 0 Å². The van der Waals surface area contributed by atoms with E-state index in [2.05, 4.69) is 0 Å². The molecule has 0 aromatic heterocycles. The molecule has 0 N–H and O–H groups in total. The Balaban J connectivity index is 2.52. The number of halogens is 2. The third-order valence-corrected chi connectivity index (χ3v) is 1.85. The number of rotatable bonds is 3. The summed E-state index contributed by atoms with van der Waals surface area (Å²) in [6.07, 6.45) is -1.28. The first kappa shape index (κ1) is 8.59. The number of ether oxygens (including phenoxy) is 1. The van der Waals surface area contributed by atoms with Gasteiger partial charge in [0.05, 0.1) is 0 Å². The molecule has 0 amide bonds. The molecule has 1 heterocycles. The zero-order valence-electron chi connectivity index (χ0n) is 6.06. The molecule has 1 saturated heterocycles. The Hall–Kier alpha value is -0.510. The van der Waals surface area contributed by atoms with Gasteiger partial charge < -0.3 is 9.53 Å². The molecule has 0 bridgehead atoms. The van der Waals surface area contributed by atoms with E-state index in [9.17, 15) is 13.6 Å². The van der Waals surface area contributed by atoms with E-state index >= 15 is 0 Å². The van der Waals surface area contributed by atoms with Gasteiger partial charge in [0.1, 0.15) is 5.60 Å². The third-order valence-electron chi connectivity index (χ3n) is 1.85. The van der Waals surface area contributed by atoms with E-state index in [4.69, 9.17) is 4.74 Å². The summed E-state index contributed by atoms with van der Waals surface area (Å²) in [5.41, 5.74) is -1.17. The topological polar surface area (TPSA) is 26.3 Å². The standard InChI is InChI=1S/C7H10F2O2/c8-6(9)4-7(5-10)2-1-3-11-7/h5-6H,1-4H2. The molecule has 2 nitrogen and oxygen atoms in total. The first-order chi connectivity index (χ1) is 5.18. The number of hydrogen-bond acceptors (Lipinski definition) is 2. The van der Waals surface area contributed by atoms with Crippen molar-refractivity contribution in [3.63, 3.8) is 0 Å². The van der Waals surface area contributed by atoms with Gasteiger partial charge in [-0.3, -0.25) is 0 Å². The molecule has 1 aliphatic heterocycles. The van der Waals surface area contributed by atoms with Crippen LogP contribution in [0.15, 0.2) is 0 Å². The highest BCUT2D eigenvalue weighted by molar-refractivity contribution is 5.63. The van der Waals surface area contributed by atoms with E-state index in [0.717, 1.165) is 0 Å². The summed E-state index contributed by atoms with van der Waals surface area (Å²) in [4.78, 5) is 10.4. The Bertz CT molecular complexity index is 141. The second-order valence-corrected chi connectivity index (χ2v) is 2.73. The lowest BCUT2D eigenvalue weighted by atomic mass is 9.98. The van der Waals surface area contributed by atoms with Crippen LogP contribution >= 0.6 is 0 Å². The fourth-order valence-corrected chi connectivity index (χ4v) is 1.28. The van der Waals surface area contributed by atoms with Gasteiger partial charge >= 0.3 is 0 Å². The van der Waals surface area contributed by atoms with Crippen molar-refractivity contribution in [3.05, 3.63) is 0 Å². The maximum Gasteiger partial charge on any atom is 0.241 e. The minimum Gasteiger partial charge on any atom is -0.367 e. The third kappa shape index (κ3) is 1.96. The van der Waals surface area contributed by atoms with E-state index in [-0.39, 0.29) is 0 Å². The molecule has 64 valence electrons. The van der Waals surface area contributed by atoms with Crippen LogP contribution in [-0.2, 0) is 9.53 Å². The Morgan fingerprint density at radius 3 is 2.73 bits per heavy atom. The van der Waals surface area contributed by atoms with Crippen molar-refractivity contribution in [2.24, 2.45) is 0 Å². The predicted molar refractivity (Wildman–Crippen MR) is 34.6 cm³/mol. The van der Waals surface area contributed by atoms with Gasteiger partial charge in [-0.05, 0) is 12.8 Å². The lowest BCUT2D eigenvalue weighted by Gasteiger charge is -2.20. The van der Waals surface area contributed by atoms with Crippen LogP contribution in [0, 0.1) is 0 Å². The normalized spacial score (nSPS) is 31.2. The summed E-state index contributed by atoms with van der Waals surface area (Å²) in [6, 6.07) is 0. The van der Waals surface area contributed by atoms with Crippen LogP contribution < -0.4 is 0 Å². The molecule has 11 heavy (non-hydrogen) atoms. The van der Waals surface area contributed by atoms with Gasteiger partial charge in [-0.25, -0.2) is 8.78 Å². The molecule has 0 aromatic carbocycles. The maximum atomic E-state index is 11.9. The average Bonchev–Trinajstić information content (AvgIpc) is 2.36. The first-order valence-corrected chi connectivity index (χ1v) is 3.57. The Morgan fingerprint density at radius 2 is 2.36 bits per heavy atom. The van der Waals surface area contributed by atoms with Crippen LogP contribution in [0.1, 0.15) is 19.3 Å². The predicted octanol–water partition coefficient (Wildman–Crippen LogP) is 1.39. The van der Waals surface area contributed by atoms with E-state index in [1.165, 1.54) is 0 Å². The number of hydrogen-bond donors (Lipinski definition) is 0. The van der Waals surface area contributed by atoms with Gasteiger partial charge in [0.2, 0.25) is 6.43 Å². The minimum atomic E-state index is -2.46. The van der Waals surface area contributed by atoms with Crippen LogP contribution in [0.5, 0.6) is 0 Å². The number of carbonyl (C=O) groups excluding carboxylic acids is 1. The van der Waals surface area contributed by atoms with Crippen molar-refractivity contribution >= 4 is 6.29 Å². The molecule has 0 aliphatic carbocycles. The second-order valence-electron chi connectivity index (χ2n) is 2.73. The molecular weight excluding hydrogens is 154 g/mol. The van der Waals surface area contributed by atoms with Crippen molar-refractivity contribution in [2.75, 3.05) is 6.61 Å². The van der Waals surface area contributed by atoms with Gasteiger partial charge in [-0.2, -0.15) is 0 Å². The van der Waals surface area contributed by atoms with Gasteiger partial charge in [0.25, 0.3) is 0 Å². The zero-order valence-corrected chi connectivity index (χ0v) is 6.06. The van der Waals surface area contributed by atoms with Gasteiger partial charge in [0.15, 0.2) is 6.29 Å². The van der Waals surface area contributed by atoms with E-state index in [0.29, 0.717) is 25.7 Å². The fourth-order valence-electron chi connectivity index (χ4n) is 1.28. The van der Waals surface area contributed by atoms with Crippen LogP contribution in [-0.4, -0.2) is 24.9 Å². The SMILES string of the molecule is O=CC1(CC(F)F)CCCO1. The van der Waals surface area contributed by atoms with Crippen LogP contribution in [0.4, 0.5) is 8.78 Å². The average molecular weight is 164 g/mol. The molecule has 0 aromatic rings. The smallest absolute Gasteiger partial charge is 0.241 e. The van der Waals surface area contributed by atoms with Crippen molar-refractivity contribution in [3.8, 4) is 0 Å². The lowest BCUT2D eigenvalue weighted by Crippen LogP contribution is -2.32. The largest absolute Gasteiger partial charge is 0.367 e. The molecule has 0 spiro atoms. The van der Waals surface area contributed by atoms with E-state index < -0.39 is 18.4 Å². The summed E-state index contributed by atoms with van der Waals surface area (Å²) in [5, 5.41) is 0. The molecule has 0 saturated carbocycles. The summed E-state index contributed by atoms with van der Waals surface area (Å²) in [7, 11) is 0. The van der Waals surface area contributed by atoms with Gasteiger partial charge in [-0.1, -0.05) is 0 Å². The van der Waals surface area contributed by atoms with Crippen molar-refractivity contribution in [1.29, 1.82) is 0 Å². The van der Waals surface area contributed by atoms with Crippen LogP contribution in [0.3, 0.4) is 0 Å². The number of aldehydes is 1. The second kappa shape index (κ2) is 3.26. The highest BCUT2D eigenvalue weighted by atomic mass is 19.3. The monoisotopic (exact) mass is 164 g/mol. The van der Waals surface area contributed by atoms with Crippen molar-refractivity contribution in [2.45, 2.75) is 31.3 Å². The molecular formula is C7H10F2O2. The summed E-state index contributed by atoms with van der Waals surface area (Å²) < 4.78 is 28.7. The first-order valence-electron chi connectivity index (χ1n) is 3.57. The highest BCUT2D eigenvalue weighted by Crippen LogP contribution is 2.29. The molecule has 4 heteroatoms. The van der Waals surface area contributed by atoms with E-state index in [1.807, 2.05) is 0 Å². The number of alkyl halides is 2. The van der Waals surface area contributed by atoms with Crippen molar-refractivity contribution in [1.82, 2.24) is 0 Å².